The molecule has 132 valence electrons. The molecular formula is C16H12N4O6. The SMILES string of the molecule is CCOc1ccc(C#N)cc1NC(=O)c1cc([N+](=O)[O-])cc([N+](=O)[O-])c1. The number of rotatable bonds is 6. The maximum Gasteiger partial charge on any atom is 0.277 e. The van der Waals surface area contributed by atoms with Crippen LogP contribution in [0.1, 0.15) is 22.8 Å². The van der Waals surface area contributed by atoms with Crippen molar-refractivity contribution < 1.29 is 19.4 Å². The molecule has 1 N–H and O–H groups in total. The Kier molecular flexibility index (Phi) is 5.44. The molecule has 2 rings (SSSR count). The zero-order valence-electron chi connectivity index (χ0n) is 13.5. The van der Waals surface area contributed by atoms with Crippen molar-refractivity contribution >= 4 is 23.0 Å². The molecule has 0 aliphatic heterocycles. The van der Waals surface area contributed by atoms with E-state index < -0.39 is 27.1 Å². The molecule has 0 radical (unpaired) electrons. The minimum Gasteiger partial charge on any atom is -0.492 e. The molecule has 0 aromatic heterocycles. The van der Waals surface area contributed by atoms with E-state index in [9.17, 15) is 25.0 Å². The summed E-state index contributed by atoms with van der Waals surface area (Å²) in [6.45, 7) is 2.03. The molecule has 2 aromatic carbocycles. The second kappa shape index (κ2) is 7.71. The number of nitrogens with zero attached hydrogens (tertiary/aromatic N) is 3. The third-order valence-corrected chi connectivity index (χ3v) is 3.24. The maximum absolute atomic E-state index is 12.4. The van der Waals surface area contributed by atoms with Crippen molar-refractivity contribution in [3.8, 4) is 11.8 Å². The fourth-order valence-corrected chi connectivity index (χ4v) is 2.11. The van der Waals surface area contributed by atoms with Gasteiger partial charge in [0.25, 0.3) is 17.3 Å². The third kappa shape index (κ3) is 4.09. The number of hydrogen-bond donors (Lipinski definition) is 1. The van der Waals surface area contributed by atoms with E-state index in [0.717, 1.165) is 18.2 Å². The molecule has 0 bridgehead atoms. The average Bonchev–Trinajstić information content (AvgIpc) is 2.62. The van der Waals surface area contributed by atoms with Gasteiger partial charge in [-0.3, -0.25) is 25.0 Å². The van der Waals surface area contributed by atoms with Gasteiger partial charge in [-0.1, -0.05) is 0 Å². The van der Waals surface area contributed by atoms with Crippen LogP contribution >= 0.6 is 0 Å². The monoisotopic (exact) mass is 356 g/mol. The Morgan fingerprint density at radius 3 is 2.27 bits per heavy atom. The van der Waals surface area contributed by atoms with Crippen molar-refractivity contribution in [3.05, 3.63) is 67.8 Å². The Balaban J connectivity index is 2.43. The Bertz CT molecular complexity index is 903. The molecule has 0 saturated carbocycles. The van der Waals surface area contributed by atoms with Crippen LogP contribution in [0.15, 0.2) is 36.4 Å². The number of carbonyl (C=O) groups is 1. The number of non-ortho nitro benzene ring substituents is 2. The molecule has 0 unspecified atom stereocenters. The lowest BCUT2D eigenvalue weighted by atomic mass is 10.1. The number of nitro benzene ring substituents is 2. The van der Waals surface area contributed by atoms with Crippen molar-refractivity contribution in [1.29, 1.82) is 5.26 Å². The van der Waals surface area contributed by atoms with Gasteiger partial charge in [-0.25, -0.2) is 0 Å². The predicted molar refractivity (Wildman–Crippen MR) is 90.0 cm³/mol. The summed E-state index contributed by atoms with van der Waals surface area (Å²) >= 11 is 0. The molecule has 0 fully saturated rings. The Hall–Kier alpha value is -4.00. The van der Waals surface area contributed by atoms with Crippen molar-refractivity contribution in [2.75, 3.05) is 11.9 Å². The van der Waals surface area contributed by atoms with E-state index in [1.807, 2.05) is 6.07 Å². The maximum atomic E-state index is 12.4. The topological polar surface area (TPSA) is 148 Å². The summed E-state index contributed by atoms with van der Waals surface area (Å²) in [5.74, 6) is -0.521. The minimum atomic E-state index is -0.828. The van der Waals surface area contributed by atoms with E-state index in [1.54, 1.807) is 6.92 Å². The van der Waals surface area contributed by atoms with Gasteiger partial charge >= 0.3 is 0 Å². The van der Waals surface area contributed by atoms with Crippen LogP contribution in [0.25, 0.3) is 0 Å². The highest BCUT2D eigenvalue weighted by atomic mass is 16.6. The fourth-order valence-electron chi connectivity index (χ4n) is 2.11. The highest BCUT2D eigenvalue weighted by molar-refractivity contribution is 6.06. The smallest absolute Gasteiger partial charge is 0.277 e. The van der Waals surface area contributed by atoms with Crippen LogP contribution in [0.2, 0.25) is 0 Å². The first-order chi connectivity index (χ1) is 12.3. The summed E-state index contributed by atoms with van der Waals surface area (Å²) in [6.07, 6.45) is 0. The zero-order chi connectivity index (χ0) is 19.3. The number of benzene rings is 2. The van der Waals surface area contributed by atoms with Gasteiger partial charge in [0.2, 0.25) is 0 Å². The standard InChI is InChI=1S/C16H12N4O6/c1-2-26-15-4-3-10(9-17)5-14(15)18-16(21)11-6-12(19(22)23)8-13(7-11)20(24)25/h3-8H,2H2,1H3,(H,18,21). The molecule has 0 aliphatic carbocycles. The largest absolute Gasteiger partial charge is 0.492 e. The van der Waals surface area contributed by atoms with E-state index in [4.69, 9.17) is 10.00 Å². The molecule has 2 aromatic rings. The second-order valence-corrected chi connectivity index (χ2v) is 4.96. The van der Waals surface area contributed by atoms with Crippen molar-refractivity contribution in [2.45, 2.75) is 6.92 Å². The van der Waals surface area contributed by atoms with Crippen LogP contribution in [0.5, 0.6) is 5.75 Å². The van der Waals surface area contributed by atoms with Crippen LogP contribution in [0.3, 0.4) is 0 Å². The van der Waals surface area contributed by atoms with E-state index in [0.29, 0.717) is 12.4 Å². The lowest BCUT2D eigenvalue weighted by molar-refractivity contribution is -0.394. The highest BCUT2D eigenvalue weighted by Crippen LogP contribution is 2.28. The minimum absolute atomic E-state index is 0.171. The van der Waals surface area contributed by atoms with Gasteiger partial charge in [-0.2, -0.15) is 5.26 Å². The number of carbonyl (C=O) groups excluding carboxylic acids is 1. The van der Waals surface area contributed by atoms with Crippen molar-refractivity contribution in [3.63, 3.8) is 0 Å². The summed E-state index contributed by atoms with van der Waals surface area (Å²) in [5, 5.41) is 33.3. The molecule has 10 nitrogen and oxygen atoms in total. The number of ether oxygens (including phenoxy) is 1. The van der Waals surface area contributed by atoms with Gasteiger partial charge in [0.15, 0.2) is 0 Å². The molecule has 26 heavy (non-hydrogen) atoms. The first-order valence-corrected chi connectivity index (χ1v) is 7.28. The number of amides is 1. The average molecular weight is 356 g/mol. The van der Waals surface area contributed by atoms with E-state index >= 15 is 0 Å². The fraction of sp³-hybridized carbons (Fsp3) is 0.125. The van der Waals surface area contributed by atoms with Crippen LogP contribution in [-0.2, 0) is 0 Å². The van der Waals surface area contributed by atoms with E-state index in [-0.39, 0.29) is 16.8 Å². The molecule has 10 heteroatoms. The lowest BCUT2D eigenvalue weighted by Gasteiger charge is -2.12. The van der Waals surface area contributed by atoms with Gasteiger partial charge in [0, 0.05) is 12.1 Å². The number of nitriles is 1. The summed E-state index contributed by atoms with van der Waals surface area (Å²) < 4.78 is 5.36. The van der Waals surface area contributed by atoms with Crippen molar-refractivity contribution in [2.24, 2.45) is 0 Å². The number of anilines is 1. The van der Waals surface area contributed by atoms with Crippen LogP contribution in [0.4, 0.5) is 17.1 Å². The Morgan fingerprint density at radius 2 is 1.77 bits per heavy atom. The zero-order valence-corrected chi connectivity index (χ0v) is 13.5. The van der Waals surface area contributed by atoms with E-state index in [1.165, 1.54) is 18.2 Å². The first kappa shape index (κ1) is 18.3. The summed E-state index contributed by atoms with van der Waals surface area (Å²) in [6, 6.07) is 8.89. The number of hydrogen-bond acceptors (Lipinski definition) is 7. The molecule has 0 heterocycles. The number of nitrogens with one attached hydrogen (secondary N) is 1. The van der Waals surface area contributed by atoms with E-state index in [2.05, 4.69) is 5.32 Å². The van der Waals surface area contributed by atoms with Crippen LogP contribution in [-0.4, -0.2) is 22.4 Å². The van der Waals surface area contributed by atoms with Crippen LogP contribution < -0.4 is 10.1 Å². The lowest BCUT2D eigenvalue weighted by Crippen LogP contribution is -2.14. The van der Waals surface area contributed by atoms with Gasteiger partial charge < -0.3 is 10.1 Å². The third-order valence-electron chi connectivity index (χ3n) is 3.24. The summed E-state index contributed by atoms with van der Waals surface area (Å²) in [5.41, 5.74) is -1.00. The van der Waals surface area contributed by atoms with Crippen molar-refractivity contribution in [1.82, 2.24) is 0 Å². The van der Waals surface area contributed by atoms with Gasteiger partial charge in [0.05, 0.1) is 45.4 Å². The van der Waals surface area contributed by atoms with Crippen LogP contribution in [0, 0.1) is 31.6 Å². The van der Waals surface area contributed by atoms with Gasteiger partial charge in [-0.15, -0.1) is 0 Å². The molecule has 0 atom stereocenters. The molecular weight excluding hydrogens is 344 g/mol. The first-order valence-electron chi connectivity index (χ1n) is 7.28. The molecule has 0 aliphatic rings. The van der Waals surface area contributed by atoms with Gasteiger partial charge in [-0.05, 0) is 25.1 Å². The quantitative estimate of drug-likeness (QED) is 0.617. The Labute approximate surface area is 146 Å². The summed E-state index contributed by atoms with van der Waals surface area (Å²) in [4.78, 5) is 32.6. The predicted octanol–water partition coefficient (Wildman–Crippen LogP) is 3.03. The second-order valence-electron chi connectivity index (χ2n) is 4.96. The molecule has 0 spiro atoms. The molecule has 0 saturated heterocycles. The number of nitro groups is 2. The summed E-state index contributed by atoms with van der Waals surface area (Å²) in [7, 11) is 0. The normalized spacial score (nSPS) is 9.85. The molecule has 1 amide bonds. The van der Waals surface area contributed by atoms with Gasteiger partial charge in [0.1, 0.15) is 5.75 Å². The Morgan fingerprint density at radius 1 is 1.15 bits per heavy atom. The highest BCUT2D eigenvalue weighted by Gasteiger charge is 2.20.